The van der Waals surface area contributed by atoms with Crippen molar-refractivity contribution in [2.45, 2.75) is 34.1 Å². The number of benzene rings is 1. The zero-order chi connectivity index (χ0) is 12.1. The van der Waals surface area contributed by atoms with Crippen molar-refractivity contribution in [2.75, 3.05) is 6.54 Å². The Bertz CT molecular complexity index is 363. The molecular weight excluding hydrogens is 202 g/mol. The van der Waals surface area contributed by atoms with Crippen molar-refractivity contribution < 1.29 is 9.53 Å². The van der Waals surface area contributed by atoms with E-state index < -0.39 is 0 Å². The maximum Gasteiger partial charge on any atom is 0.412 e. The van der Waals surface area contributed by atoms with E-state index in [-0.39, 0.29) is 6.09 Å². The number of nitrogens with one attached hydrogen (secondary N) is 1. The number of rotatable bonds is 3. The molecule has 0 aromatic heterocycles. The summed E-state index contributed by atoms with van der Waals surface area (Å²) in [6.07, 6.45) is 0.526. The molecule has 0 aliphatic heterocycles. The van der Waals surface area contributed by atoms with Gasteiger partial charge in [-0.3, -0.25) is 0 Å². The second kappa shape index (κ2) is 5.54. The summed E-state index contributed by atoms with van der Waals surface area (Å²) in [7, 11) is 0. The number of carbonyl (C=O) groups excluding carboxylic acids is 1. The SMILES string of the molecule is CCCNC(=O)Oc1c(C)cc(C)cc1C. The van der Waals surface area contributed by atoms with Crippen LogP contribution in [0.2, 0.25) is 0 Å². The van der Waals surface area contributed by atoms with Crippen LogP contribution >= 0.6 is 0 Å². The first-order valence-corrected chi connectivity index (χ1v) is 5.58. The van der Waals surface area contributed by atoms with Gasteiger partial charge in [0.05, 0.1) is 0 Å². The lowest BCUT2D eigenvalue weighted by Crippen LogP contribution is -2.27. The van der Waals surface area contributed by atoms with Crippen LogP contribution in [0.5, 0.6) is 5.75 Å². The Morgan fingerprint density at radius 2 is 1.81 bits per heavy atom. The fourth-order valence-corrected chi connectivity index (χ4v) is 1.68. The summed E-state index contributed by atoms with van der Waals surface area (Å²) >= 11 is 0. The number of carbonyl (C=O) groups is 1. The number of hydrogen-bond donors (Lipinski definition) is 1. The minimum absolute atomic E-state index is 0.378. The van der Waals surface area contributed by atoms with Crippen molar-refractivity contribution in [1.82, 2.24) is 5.32 Å². The van der Waals surface area contributed by atoms with Gasteiger partial charge in [0.2, 0.25) is 0 Å². The van der Waals surface area contributed by atoms with Crippen molar-refractivity contribution in [3.8, 4) is 5.75 Å². The predicted molar refractivity (Wildman–Crippen MR) is 65.0 cm³/mol. The fourth-order valence-electron chi connectivity index (χ4n) is 1.68. The van der Waals surface area contributed by atoms with Gasteiger partial charge in [0.25, 0.3) is 0 Å². The summed E-state index contributed by atoms with van der Waals surface area (Å²) in [6.45, 7) is 8.57. The Labute approximate surface area is 96.8 Å². The molecule has 0 saturated heterocycles. The molecule has 1 aromatic carbocycles. The monoisotopic (exact) mass is 221 g/mol. The molecule has 16 heavy (non-hydrogen) atoms. The number of amides is 1. The summed E-state index contributed by atoms with van der Waals surface area (Å²) < 4.78 is 5.28. The molecule has 3 heteroatoms. The highest BCUT2D eigenvalue weighted by Gasteiger charge is 2.09. The number of aryl methyl sites for hydroxylation is 3. The highest BCUT2D eigenvalue weighted by molar-refractivity contribution is 5.71. The standard InChI is InChI=1S/C13H19NO2/c1-5-6-14-13(15)16-12-10(3)7-9(2)8-11(12)4/h7-8H,5-6H2,1-4H3,(H,14,15). The van der Waals surface area contributed by atoms with Gasteiger partial charge in [0.1, 0.15) is 5.75 Å². The van der Waals surface area contributed by atoms with E-state index >= 15 is 0 Å². The van der Waals surface area contributed by atoms with E-state index in [2.05, 4.69) is 5.32 Å². The molecule has 0 unspecified atom stereocenters. The third-order valence-corrected chi connectivity index (χ3v) is 2.32. The molecule has 0 fully saturated rings. The average Bonchev–Trinajstić information content (AvgIpc) is 2.20. The van der Waals surface area contributed by atoms with E-state index in [9.17, 15) is 4.79 Å². The first-order valence-electron chi connectivity index (χ1n) is 5.58. The van der Waals surface area contributed by atoms with Crippen LogP contribution in [0.15, 0.2) is 12.1 Å². The summed E-state index contributed by atoms with van der Waals surface area (Å²) in [5.41, 5.74) is 3.16. The molecule has 0 aliphatic carbocycles. The van der Waals surface area contributed by atoms with Gasteiger partial charge < -0.3 is 10.1 Å². The minimum atomic E-state index is -0.378. The third-order valence-electron chi connectivity index (χ3n) is 2.32. The topological polar surface area (TPSA) is 38.3 Å². The van der Waals surface area contributed by atoms with Crippen LogP contribution < -0.4 is 10.1 Å². The predicted octanol–water partition coefficient (Wildman–Crippen LogP) is 3.11. The molecule has 0 spiro atoms. The van der Waals surface area contributed by atoms with Gasteiger partial charge in [-0.25, -0.2) is 4.79 Å². The van der Waals surface area contributed by atoms with E-state index in [4.69, 9.17) is 4.74 Å². The Morgan fingerprint density at radius 3 is 2.31 bits per heavy atom. The van der Waals surface area contributed by atoms with E-state index in [1.807, 2.05) is 39.8 Å². The molecule has 0 atom stereocenters. The van der Waals surface area contributed by atoms with Crippen LogP contribution in [0.25, 0.3) is 0 Å². The first-order chi connectivity index (χ1) is 7.54. The largest absolute Gasteiger partial charge is 0.412 e. The minimum Gasteiger partial charge on any atom is -0.410 e. The molecule has 0 bridgehead atoms. The fraction of sp³-hybridized carbons (Fsp3) is 0.462. The van der Waals surface area contributed by atoms with Crippen molar-refractivity contribution in [3.63, 3.8) is 0 Å². The van der Waals surface area contributed by atoms with Crippen molar-refractivity contribution in [1.29, 1.82) is 0 Å². The summed E-state index contributed by atoms with van der Waals surface area (Å²) in [6, 6.07) is 4.02. The lowest BCUT2D eigenvalue weighted by Gasteiger charge is -2.11. The second-order valence-electron chi connectivity index (χ2n) is 4.04. The zero-order valence-corrected chi connectivity index (χ0v) is 10.4. The van der Waals surface area contributed by atoms with Gasteiger partial charge in [-0.05, 0) is 38.3 Å². The highest BCUT2D eigenvalue weighted by atomic mass is 16.6. The van der Waals surface area contributed by atoms with Gasteiger partial charge in [0.15, 0.2) is 0 Å². The Kier molecular flexibility index (Phi) is 4.35. The molecular formula is C13H19NO2. The van der Waals surface area contributed by atoms with Gasteiger partial charge in [-0.15, -0.1) is 0 Å². The van der Waals surface area contributed by atoms with Crippen LogP contribution in [-0.2, 0) is 0 Å². The van der Waals surface area contributed by atoms with E-state index in [0.29, 0.717) is 12.3 Å². The molecule has 0 heterocycles. The maximum absolute atomic E-state index is 11.4. The van der Waals surface area contributed by atoms with E-state index in [0.717, 1.165) is 17.5 Å². The van der Waals surface area contributed by atoms with E-state index in [1.165, 1.54) is 5.56 Å². The summed E-state index contributed by atoms with van der Waals surface area (Å²) in [4.78, 5) is 11.4. The van der Waals surface area contributed by atoms with Crippen LogP contribution in [0.1, 0.15) is 30.0 Å². The average molecular weight is 221 g/mol. The quantitative estimate of drug-likeness (QED) is 0.851. The van der Waals surface area contributed by atoms with Gasteiger partial charge >= 0.3 is 6.09 Å². The first kappa shape index (κ1) is 12.6. The maximum atomic E-state index is 11.4. The molecule has 0 aliphatic rings. The molecule has 1 amide bonds. The van der Waals surface area contributed by atoms with Crippen molar-refractivity contribution >= 4 is 6.09 Å². The van der Waals surface area contributed by atoms with Gasteiger partial charge in [-0.2, -0.15) is 0 Å². The lowest BCUT2D eigenvalue weighted by molar-refractivity contribution is 0.200. The Morgan fingerprint density at radius 1 is 1.25 bits per heavy atom. The Balaban J connectivity index is 2.77. The van der Waals surface area contributed by atoms with Gasteiger partial charge in [-0.1, -0.05) is 24.6 Å². The van der Waals surface area contributed by atoms with Gasteiger partial charge in [0, 0.05) is 6.54 Å². The normalized spacial score (nSPS) is 10.0. The lowest BCUT2D eigenvalue weighted by atomic mass is 10.1. The van der Waals surface area contributed by atoms with Crippen molar-refractivity contribution in [3.05, 3.63) is 28.8 Å². The van der Waals surface area contributed by atoms with Crippen LogP contribution in [-0.4, -0.2) is 12.6 Å². The zero-order valence-electron chi connectivity index (χ0n) is 10.4. The number of hydrogen-bond acceptors (Lipinski definition) is 2. The van der Waals surface area contributed by atoms with Crippen molar-refractivity contribution in [2.24, 2.45) is 0 Å². The molecule has 1 aromatic rings. The van der Waals surface area contributed by atoms with Crippen LogP contribution in [0.3, 0.4) is 0 Å². The van der Waals surface area contributed by atoms with Crippen LogP contribution in [0.4, 0.5) is 4.79 Å². The highest BCUT2D eigenvalue weighted by Crippen LogP contribution is 2.24. The molecule has 0 radical (unpaired) electrons. The third kappa shape index (κ3) is 3.26. The Hall–Kier alpha value is -1.51. The summed E-state index contributed by atoms with van der Waals surface area (Å²) in [5, 5.41) is 2.69. The summed E-state index contributed by atoms with van der Waals surface area (Å²) in [5.74, 6) is 0.666. The molecule has 1 N–H and O–H groups in total. The molecule has 88 valence electrons. The molecule has 0 saturated carbocycles. The second-order valence-corrected chi connectivity index (χ2v) is 4.04. The molecule has 1 rings (SSSR count). The van der Waals surface area contributed by atoms with Crippen LogP contribution in [0, 0.1) is 20.8 Å². The smallest absolute Gasteiger partial charge is 0.410 e. The number of ether oxygens (including phenoxy) is 1. The molecule has 3 nitrogen and oxygen atoms in total. The van der Waals surface area contributed by atoms with E-state index in [1.54, 1.807) is 0 Å².